The summed E-state index contributed by atoms with van der Waals surface area (Å²) in [5.74, 6) is 3.91. The summed E-state index contributed by atoms with van der Waals surface area (Å²) in [4.78, 5) is 7.32. The molecule has 3 aromatic rings. The van der Waals surface area contributed by atoms with Crippen LogP contribution in [0, 0.1) is 13.8 Å². The third kappa shape index (κ3) is 4.00. The van der Waals surface area contributed by atoms with Crippen LogP contribution in [-0.4, -0.2) is 36.9 Å². The second-order valence-corrected chi connectivity index (χ2v) is 8.42. The van der Waals surface area contributed by atoms with Gasteiger partial charge in [-0.3, -0.25) is 4.90 Å². The number of likely N-dealkylation sites (tertiary alicyclic amines) is 1. The molecule has 0 saturated carbocycles. The summed E-state index contributed by atoms with van der Waals surface area (Å²) in [5, 5.41) is 0. The molecule has 5 rings (SSSR count). The second kappa shape index (κ2) is 8.27. The molecule has 1 saturated heterocycles. The minimum Gasteiger partial charge on any atom is -0.493 e. The summed E-state index contributed by atoms with van der Waals surface area (Å²) in [7, 11) is 1.62. The summed E-state index contributed by atoms with van der Waals surface area (Å²) in [6, 6.07) is 12.7. The van der Waals surface area contributed by atoms with Crippen molar-refractivity contribution in [3.05, 3.63) is 59.0 Å². The number of piperidine rings is 1. The maximum absolute atomic E-state index is 6.04. The average molecular weight is 421 g/mol. The lowest BCUT2D eigenvalue weighted by molar-refractivity contribution is 0.171. The van der Waals surface area contributed by atoms with Crippen LogP contribution in [0.3, 0.4) is 0 Å². The molecule has 0 spiro atoms. The largest absolute Gasteiger partial charge is 0.493 e. The zero-order valence-electron chi connectivity index (χ0n) is 18.3. The van der Waals surface area contributed by atoms with Gasteiger partial charge in [-0.2, -0.15) is 0 Å². The monoisotopic (exact) mass is 420 g/mol. The van der Waals surface area contributed by atoms with Gasteiger partial charge in [0, 0.05) is 18.7 Å². The Bertz CT molecular complexity index is 1090. The van der Waals surface area contributed by atoms with Gasteiger partial charge in [-0.1, -0.05) is 29.8 Å². The lowest BCUT2D eigenvalue weighted by Crippen LogP contribution is -2.34. The smallest absolute Gasteiger partial charge is 0.231 e. The molecular weight excluding hydrogens is 392 g/mol. The molecule has 1 unspecified atom stereocenters. The molecule has 31 heavy (non-hydrogen) atoms. The number of benzene rings is 2. The quantitative estimate of drug-likeness (QED) is 0.574. The molecule has 1 aromatic heterocycles. The Morgan fingerprint density at radius 1 is 1.16 bits per heavy atom. The molecule has 0 bridgehead atoms. The Balaban J connectivity index is 1.35. The third-order valence-electron chi connectivity index (χ3n) is 6.19. The first-order valence-corrected chi connectivity index (χ1v) is 10.8. The van der Waals surface area contributed by atoms with E-state index in [1.807, 2.05) is 19.1 Å². The zero-order valence-corrected chi connectivity index (χ0v) is 18.3. The second-order valence-electron chi connectivity index (χ2n) is 8.42. The molecule has 1 fully saturated rings. The molecule has 0 aliphatic carbocycles. The van der Waals surface area contributed by atoms with Crippen LogP contribution >= 0.6 is 0 Å². The predicted octanol–water partition coefficient (Wildman–Crippen LogP) is 5.08. The van der Waals surface area contributed by atoms with Crippen molar-refractivity contribution in [2.45, 2.75) is 39.2 Å². The Labute approximate surface area is 182 Å². The summed E-state index contributed by atoms with van der Waals surface area (Å²) in [5.41, 5.74) is 4.57. The predicted molar refractivity (Wildman–Crippen MR) is 118 cm³/mol. The van der Waals surface area contributed by atoms with Crippen molar-refractivity contribution in [3.8, 4) is 28.7 Å². The minimum absolute atomic E-state index is 0.197. The molecular formula is C25H28N2O4. The highest BCUT2D eigenvalue weighted by Gasteiger charge is 2.25. The van der Waals surface area contributed by atoms with Crippen molar-refractivity contribution >= 4 is 0 Å². The van der Waals surface area contributed by atoms with Crippen LogP contribution in [0.15, 0.2) is 40.8 Å². The van der Waals surface area contributed by atoms with Gasteiger partial charge in [0.05, 0.1) is 12.8 Å². The number of ether oxygens (including phenoxy) is 3. The highest BCUT2D eigenvalue weighted by molar-refractivity contribution is 5.66. The molecule has 2 aromatic carbocycles. The lowest BCUT2D eigenvalue weighted by Gasteiger charge is -2.32. The molecule has 6 heteroatoms. The van der Waals surface area contributed by atoms with Gasteiger partial charge < -0.3 is 18.6 Å². The van der Waals surface area contributed by atoms with Crippen molar-refractivity contribution in [2.24, 2.45) is 0 Å². The number of methoxy groups -OCH3 is 1. The summed E-state index contributed by atoms with van der Waals surface area (Å²) >= 11 is 0. The van der Waals surface area contributed by atoms with Gasteiger partial charge in [-0.25, -0.2) is 4.98 Å². The fraction of sp³-hybridized carbons (Fsp3) is 0.400. The van der Waals surface area contributed by atoms with Crippen molar-refractivity contribution in [3.63, 3.8) is 0 Å². The van der Waals surface area contributed by atoms with E-state index >= 15 is 0 Å². The number of rotatable bonds is 5. The molecule has 3 heterocycles. The number of aromatic nitrogens is 1. The first-order valence-electron chi connectivity index (χ1n) is 10.8. The maximum Gasteiger partial charge on any atom is 0.231 e. The van der Waals surface area contributed by atoms with Crippen molar-refractivity contribution in [1.82, 2.24) is 9.88 Å². The highest BCUT2D eigenvalue weighted by Crippen LogP contribution is 2.44. The number of aryl methyl sites for hydroxylation is 2. The van der Waals surface area contributed by atoms with Gasteiger partial charge in [0.25, 0.3) is 0 Å². The standard InChI is InChI=1S/C25H28N2O4/c1-16-6-4-7-18(10-16)19-8-5-9-27(13-19)14-21-17(2)31-25(26-21)20-11-22(28-3)24-23(12-20)29-15-30-24/h4,6-7,10-12,19H,5,8-9,13-15H2,1-3H3. The summed E-state index contributed by atoms with van der Waals surface area (Å²) < 4.78 is 22.5. The first-order chi connectivity index (χ1) is 15.1. The molecule has 162 valence electrons. The van der Waals surface area contributed by atoms with Gasteiger partial charge in [0.15, 0.2) is 11.5 Å². The normalized spacial score (nSPS) is 18.4. The number of fused-ring (bicyclic) bond motifs is 1. The van der Waals surface area contributed by atoms with E-state index in [-0.39, 0.29) is 6.79 Å². The Morgan fingerprint density at radius 3 is 2.90 bits per heavy atom. The number of hydrogen-bond donors (Lipinski definition) is 0. The van der Waals surface area contributed by atoms with Crippen molar-refractivity contribution in [1.29, 1.82) is 0 Å². The van der Waals surface area contributed by atoms with E-state index < -0.39 is 0 Å². The van der Waals surface area contributed by atoms with E-state index in [1.54, 1.807) is 7.11 Å². The fourth-order valence-corrected chi connectivity index (χ4v) is 4.56. The van der Waals surface area contributed by atoms with Crippen LogP contribution in [0.4, 0.5) is 0 Å². The van der Waals surface area contributed by atoms with Crippen LogP contribution in [0.1, 0.15) is 41.3 Å². The van der Waals surface area contributed by atoms with Crippen LogP contribution in [0.2, 0.25) is 0 Å². The van der Waals surface area contributed by atoms with Gasteiger partial charge in [0.1, 0.15) is 5.76 Å². The number of hydrogen-bond acceptors (Lipinski definition) is 6. The van der Waals surface area contributed by atoms with E-state index in [0.717, 1.165) is 36.7 Å². The summed E-state index contributed by atoms with van der Waals surface area (Å²) in [6.45, 7) is 7.26. The molecule has 2 aliphatic rings. The molecule has 0 N–H and O–H groups in total. The molecule has 1 atom stereocenters. The summed E-state index contributed by atoms with van der Waals surface area (Å²) in [6.07, 6.45) is 2.43. The van der Waals surface area contributed by atoms with E-state index in [9.17, 15) is 0 Å². The fourth-order valence-electron chi connectivity index (χ4n) is 4.56. The molecule has 0 radical (unpaired) electrons. The molecule has 6 nitrogen and oxygen atoms in total. The van der Waals surface area contributed by atoms with Crippen LogP contribution in [-0.2, 0) is 6.54 Å². The van der Waals surface area contributed by atoms with Crippen LogP contribution < -0.4 is 14.2 Å². The number of nitrogens with zero attached hydrogens (tertiary/aromatic N) is 2. The highest BCUT2D eigenvalue weighted by atomic mass is 16.7. The topological polar surface area (TPSA) is 57.0 Å². The van der Waals surface area contributed by atoms with Crippen LogP contribution in [0.25, 0.3) is 11.5 Å². The van der Waals surface area contributed by atoms with Gasteiger partial charge in [-0.05, 0) is 56.8 Å². The van der Waals surface area contributed by atoms with E-state index in [1.165, 1.54) is 24.0 Å². The van der Waals surface area contributed by atoms with Crippen molar-refractivity contribution in [2.75, 3.05) is 27.0 Å². The van der Waals surface area contributed by atoms with Gasteiger partial charge in [-0.15, -0.1) is 0 Å². The van der Waals surface area contributed by atoms with E-state index in [4.69, 9.17) is 23.6 Å². The Morgan fingerprint density at radius 2 is 2.06 bits per heavy atom. The van der Waals surface area contributed by atoms with Crippen LogP contribution in [0.5, 0.6) is 17.2 Å². The molecule has 2 aliphatic heterocycles. The SMILES string of the molecule is COc1cc(-c2nc(CN3CCCC(c4cccc(C)c4)C3)c(C)o2)cc2c1OCO2. The Kier molecular flexibility index (Phi) is 5.32. The zero-order chi connectivity index (χ0) is 21.4. The third-order valence-corrected chi connectivity index (χ3v) is 6.19. The van der Waals surface area contributed by atoms with Gasteiger partial charge in [0.2, 0.25) is 18.4 Å². The lowest BCUT2D eigenvalue weighted by atomic mass is 9.90. The van der Waals surface area contributed by atoms with Gasteiger partial charge >= 0.3 is 0 Å². The Hall–Kier alpha value is -2.99. The van der Waals surface area contributed by atoms with Crippen molar-refractivity contribution < 1.29 is 18.6 Å². The number of oxazole rings is 1. The van der Waals surface area contributed by atoms with E-state index in [0.29, 0.717) is 29.1 Å². The average Bonchev–Trinajstić information content (AvgIpc) is 3.40. The molecule has 0 amide bonds. The van der Waals surface area contributed by atoms with E-state index in [2.05, 4.69) is 36.1 Å². The minimum atomic E-state index is 0.197. The maximum atomic E-state index is 6.04. The first kappa shape index (κ1) is 19.9.